The number of hydrogen-bond acceptors (Lipinski definition) is 3. The Hall–Kier alpha value is -1.88. The average Bonchev–Trinajstić information content (AvgIpc) is 2.90. The van der Waals surface area contributed by atoms with Crippen LogP contribution in [-0.2, 0) is 6.54 Å². The Balaban J connectivity index is 1.98. The summed E-state index contributed by atoms with van der Waals surface area (Å²) in [6, 6.07) is 5.08. The van der Waals surface area contributed by atoms with Crippen LogP contribution in [0.5, 0.6) is 5.75 Å². The van der Waals surface area contributed by atoms with Crippen LogP contribution in [0, 0.1) is 5.82 Å². The number of nitrogens with zero attached hydrogens (tertiary/aromatic N) is 2. The Morgan fingerprint density at radius 3 is 2.80 bits per heavy atom. The molecule has 4 nitrogen and oxygen atoms in total. The van der Waals surface area contributed by atoms with Crippen LogP contribution >= 0.6 is 0 Å². The summed E-state index contributed by atoms with van der Waals surface area (Å²) in [5.41, 5.74) is 0.642. The van der Waals surface area contributed by atoms with Gasteiger partial charge in [-0.05, 0) is 19.9 Å². The van der Waals surface area contributed by atoms with Gasteiger partial charge in [0, 0.05) is 42.7 Å². The van der Waals surface area contributed by atoms with E-state index in [0.717, 1.165) is 6.54 Å². The summed E-state index contributed by atoms with van der Waals surface area (Å²) in [7, 11) is 1.53. The number of aromatic nitrogens is 2. The van der Waals surface area contributed by atoms with Gasteiger partial charge in [0.1, 0.15) is 11.6 Å². The summed E-state index contributed by atoms with van der Waals surface area (Å²) in [6.45, 7) is 4.81. The van der Waals surface area contributed by atoms with Gasteiger partial charge in [-0.2, -0.15) is 0 Å². The van der Waals surface area contributed by atoms with Crippen molar-refractivity contribution in [3.63, 3.8) is 0 Å². The van der Waals surface area contributed by atoms with Crippen LogP contribution in [0.4, 0.5) is 4.39 Å². The second-order valence-corrected chi connectivity index (χ2v) is 4.94. The molecule has 2 aromatic rings. The first-order valence-corrected chi connectivity index (χ1v) is 6.65. The van der Waals surface area contributed by atoms with Gasteiger partial charge in [-0.1, -0.05) is 6.07 Å². The molecule has 2 atom stereocenters. The van der Waals surface area contributed by atoms with Crippen molar-refractivity contribution in [3.05, 3.63) is 48.3 Å². The van der Waals surface area contributed by atoms with Gasteiger partial charge in [-0.15, -0.1) is 0 Å². The van der Waals surface area contributed by atoms with E-state index in [1.807, 2.05) is 17.7 Å². The van der Waals surface area contributed by atoms with Gasteiger partial charge in [-0.25, -0.2) is 9.37 Å². The molecule has 1 N–H and O–H groups in total. The first-order chi connectivity index (χ1) is 9.60. The Labute approximate surface area is 118 Å². The zero-order valence-corrected chi connectivity index (χ0v) is 12.0. The SMILES string of the molecule is COc1ccc(C(C)NC(C)Cn2ccnc2)c(F)c1. The fourth-order valence-corrected chi connectivity index (χ4v) is 2.27. The zero-order chi connectivity index (χ0) is 14.5. The fraction of sp³-hybridized carbons (Fsp3) is 0.400. The Kier molecular flexibility index (Phi) is 4.74. The largest absolute Gasteiger partial charge is 0.497 e. The standard InChI is InChI=1S/C15H20FN3O/c1-11(9-19-7-6-17-10-19)18-12(2)14-5-4-13(20-3)8-15(14)16/h4-8,10-12,18H,9H2,1-3H3. The van der Waals surface area contributed by atoms with Crippen molar-refractivity contribution in [3.8, 4) is 5.75 Å². The third-order valence-corrected chi connectivity index (χ3v) is 3.25. The van der Waals surface area contributed by atoms with Gasteiger partial charge in [0.05, 0.1) is 13.4 Å². The highest BCUT2D eigenvalue weighted by molar-refractivity contribution is 5.30. The smallest absolute Gasteiger partial charge is 0.131 e. The normalized spacial score (nSPS) is 14.0. The molecule has 0 spiro atoms. The Bertz CT molecular complexity index is 542. The molecular formula is C15H20FN3O. The topological polar surface area (TPSA) is 39.1 Å². The van der Waals surface area contributed by atoms with Crippen molar-refractivity contribution in [2.45, 2.75) is 32.5 Å². The van der Waals surface area contributed by atoms with Crippen molar-refractivity contribution in [2.75, 3.05) is 7.11 Å². The number of halogens is 1. The van der Waals surface area contributed by atoms with E-state index in [2.05, 4.69) is 17.2 Å². The second-order valence-electron chi connectivity index (χ2n) is 4.94. The van der Waals surface area contributed by atoms with E-state index >= 15 is 0 Å². The van der Waals surface area contributed by atoms with Crippen molar-refractivity contribution in [1.82, 2.24) is 14.9 Å². The summed E-state index contributed by atoms with van der Waals surface area (Å²) in [4.78, 5) is 4.01. The molecule has 0 amide bonds. The number of benzene rings is 1. The molecule has 0 radical (unpaired) electrons. The molecule has 0 fully saturated rings. The van der Waals surface area contributed by atoms with Crippen molar-refractivity contribution in [2.24, 2.45) is 0 Å². The van der Waals surface area contributed by atoms with E-state index in [0.29, 0.717) is 11.3 Å². The molecule has 0 saturated carbocycles. The highest BCUT2D eigenvalue weighted by Crippen LogP contribution is 2.22. The summed E-state index contributed by atoms with van der Waals surface area (Å²) < 4.78 is 21.0. The van der Waals surface area contributed by atoms with Crippen LogP contribution in [0.2, 0.25) is 0 Å². The molecule has 0 aliphatic heterocycles. The lowest BCUT2D eigenvalue weighted by atomic mass is 10.1. The molecule has 1 aromatic heterocycles. The highest BCUT2D eigenvalue weighted by Gasteiger charge is 2.14. The molecule has 0 aliphatic rings. The van der Waals surface area contributed by atoms with Crippen molar-refractivity contribution < 1.29 is 9.13 Å². The molecule has 2 rings (SSSR count). The molecule has 1 heterocycles. The van der Waals surface area contributed by atoms with Gasteiger partial charge in [0.25, 0.3) is 0 Å². The summed E-state index contributed by atoms with van der Waals surface area (Å²) in [6.07, 6.45) is 5.44. The van der Waals surface area contributed by atoms with E-state index in [4.69, 9.17) is 4.74 Å². The first kappa shape index (κ1) is 14.5. The predicted octanol–water partition coefficient (Wildman–Crippen LogP) is 2.77. The molecule has 2 unspecified atom stereocenters. The quantitative estimate of drug-likeness (QED) is 0.882. The molecule has 20 heavy (non-hydrogen) atoms. The zero-order valence-electron chi connectivity index (χ0n) is 12.0. The predicted molar refractivity (Wildman–Crippen MR) is 76.2 cm³/mol. The van der Waals surface area contributed by atoms with Gasteiger partial charge < -0.3 is 14.6 Å². The van der Waals surface area contributed by atoms with Gasteiger partial charge >= 0.3 is 0 Å². The summed E-state index contributed by atoms with van der Waals surface area (Å²) in [5, 5.41) is 3.38. The lowest BCUT2D eigenvalue weighted by molar-refractivity contribution is 0.404. The highest BCUT2D eigenvalue weighted by atomic mass is 19.1. The third kappa shape index (κ3) is 3.57. The maximum absolute atomic E-state index is 14.0. The van der Waals surface area contributed by atoms with E-state index in [9.17, 15) is 4.39 Å². The fourth-order valence-electron chi connectivity index (χ4n) is 2.27. The lowest BCUT2D eigenvalue weighted by Gasteiger charge is -2.21. The van der Waals surface area contributed by atoms with Crippen LogP contribution in [-0.4, -0.2) is 22.7 Å². The molecule has 5 heteroatoms. The van der Waals surface area contributed by atoms with E-state index in [1.165, 1.54) is 13.2 Å². The lowest BCUT2D eigenvalue weighted by Crippen LogP contribution is -2.32. The monoisotopic (exact) mass is 277 g/mol. The van der Waals surface area contributed by atoms with Crippen molar-refractivity contribution in [1.29, 1.82) is 0 Å². The maximum Gasteiger partial charge on any atom is 0.131 e. The van der Waals surface area contributed by atoms with E-state index in [-0.39, 0.29) is 17.9 Å². The molecule has 0 saturated heterocycles. The third-order valence-electron chi connectivity index (χ3n) is 3.25. The van der Waals surface area contributed by atoms with Crippen LogP contribution in [0.3, 0.4) is 0 Å². The van der Waals surface area contributed by atoms with Crippen LogP contribution in [0.1, 0.15) is 25.5 Å². The van der Waals surface area contributed by atoms with Gasteiger partial charge in [0.15, 0.2) is 0 Å². The van der Waals surface area contributed by atoms with Gasteiger partial charge in [0.2, 0.25) is 0 Å². The Morgan fingerprint density at radius 1 is 1.40 bits per heavy atom. The number of rotatable bonds is 6. The molecule has 0 aliphatic carbocycles. The van der Waals surface area contributed by atoms with Crippen molar-refractivity contribution >= 4 is 0 Å². The van der Waals surface area contributed by atoms with Crippen LogP contribution in [0.25, 0.3) is 0 Å². The molecule has 0 bridgehead atoms. The van der Waals surface area contributed by atoms with E-state index < -0.39 is 0 Å². The molecular weight excluding hydrogens is 257 g/mol. The van der Waals surface area contributed by atoms with E-state index in [1.54, 1.807) is 24.7 Å². The minimum atomic E-state index is -0.251. The minimum absolute atomic E-state index is 0.0700. The number of ether oxygens (including phenoxy) is 1. The van der Waals surface area contributed by atoms with Gasteiger partial charge in [-0.3, -0.25) is 0 Å². The number of imidazole rings is 1. The number of methoxy groups -OCH3 is 1. The first-order valence-electron chi connectivity index (χ1n) is 6.65. The average molecular weight is 277 g/mol. The number of hydrogen-bond donors (Lipinski definition) is 1. The van der Waals surface area contributed by atoms with Crippen LogP contribution in [0.15, 0.2) is 36.9 Å². The second kappa shape index (κ2) is 6.52. The molecule has 108 valence electrons. The molecule has 1 aromatic carbocycles. The minimum Gasteiger partial charge on any atom is -0.497 e. The van der Waals surface area contributed by atoms with Crippen LogP contribution < -0.4 is 10.1 Å². The number of nitrogens with one attached hydrogen (secondary N) is 1. The maximum atomic E-state index is 14.0. The Morgan fingerprint density at radius 2 is 2.20 bits per heavy atom. The summed E-state index contributed by atoms with van der Waals surface area (Å²) in [5.74, 6) is 0.282. The summed E-state index contributed by atoms with van der Waals surface area (Å²) >= 11 is 0.